The van der Waals surface area contributed by atoms with Crippen LogP contribution in [0.15, 0.2) is 65.6 Å². The van der Waals surface area contributed by atoms with Crippen molar-refractivity contribution in [1.82, 2.24) is 14.5 Å². The summed E-state index contributed by atoms with van der Waals surface area (Å²) >= 11 is 0. The number of nitrogens with zero attached hydrogens (tertiary/aromatic N) is 3. The van der Waals surface area contributed by atoms with Gasteiger partial charge in [0.1, 0.15) is 23.0 Å². The molecule has 1 N–H and O–H groups in total. The summed E-state index contributed by atoms with van der Waals surface area (Å²) < 4.78 is 33.0. The van der Waals surface area contributed by atoms with Gasteiger partial charge in [-0.1, -0.05) is 0 Å². The van der Waals surface area contributed by atoms with Gasteiger partial charge in [-0.25, -0.2) is 13.8 Å². The summed E-state index contributed by atoms with van der Waals surface area (Å²) in [5.74, 6) is -0.0615. The number of anilines is 2. The lowest BCUT2D eigenvalue weighted by Crippen LogP contribution is -2.19. The van der Waals surface area contributed by atoms with E-state index >= 15 is 0 Å². The van der Waals surface area contributed by atoms with E-state index in [0.717, 1.165) is 0 Å². The number of rotatable bonds is 4. The van der Waals surface area contributed by atoms with Crippen molar-refractivity contribution >= 4 is 22.7 Å². The largest absolute Gasteiger partial charge is 0.452 e. The molecular formula is C20H14F2N4O2. The van der Waals surface area contributed by atoms with E-state index in [0.29, 0.717) is 22.5 Å². The van der Waals surface area contributed by atoms with Crippen molar-refractivity contribution in [3.8, 4) is 11.5 Å². The van der Waals surface area contributed by atoms with Crippen molar-refractivity contribution in [2.24, 2.45) is 7.05 Å². The number of aromatic nitrogens is 3. The number of halogens is 2. The van der Waals surface area contributed by atoms with Crippen LogP contribution >= 0.6 is 0 Å². The first-order chi connectivity index (χ1) is 13.5. The summed E-state index contributed by atoms with van der Waals surface area (Å²) in [6.07, 6.45) is 1.55. The fraction of sp³-hybridized carbons (Fsp3) is 0.0500. The Bertz CT molecular complexity index is 1210. The van der Waals surface area contributed by atoms with Gasteiger partial charge >= 0.3 is 0 Å². The molecule has 4 aromatic rings. The molecule has 0 spiro atoms. The van der Waals surface area contributed by atoms with Gasteiger partial charge in [0, 0.05) is 24.3 Å². The van der Waals surface area contributed by atoms with Gasteiger partial charge in [-0.3, -0.25) is 9.36 Å². The van der Waals surface area contributed by atoms with Crippen LogP contribution < -0.4 is 15.6 Å². The second-order valence-electron chi connectivity index (χ2n) is 6.03. The lowest BCUT2D eigenvalue weighted by Gasteiger charge is -2.11. The lowest BCUT2D eigenvalue weighted by atomic mass is 10.3. The van der Waals surface area contributed by atoms with Crippen LogP contribution in [0.3, 0.4) is 0 Å². The molecule has 4 rings (SSSR count). The number of aryl methyl sites for hydroxylation is 1. The van der Waals surface area contributed by atoms with Crippen molar-refractivity contribution in [2.75, 3.05) is 5.32 Å². The average Bonchev–Trinajstić information content (AvgIpc) is 2.70. The molecule has 0 amide bonds. The van der Waals surface area contributed by atoms with Crippen LogP contribution in [-0.2, 0) is 7.05 Å². The highest BCUT2D eigenvalue weighted by Crippen LogP contribution is 2.22. The quantitative estimate of drug-likeness (QED) is 0.576. The van der Waals surface area contributed by atoms with Gasteiger partial charge in [0.15, 0.2) is 5.75 Å². The maximum Gasteiger partial charge on any atom is 0.294 e. The molecule has 0 saturated heterocycles. The molecular weight excluding hydrogens is 366 g/mol. The zero-order chi connectivity index (χ0) is 19.7. The first kappa shape index (κ1) is 17.6. The molecule has 8 heteroatoms. The first-order valence-electron chi connectivity index (χ1n) is 8.32. The van der Waals surface area contributed by atoms with Crippen molar-refractivity contribution < 1.29 is 13.5 Å². The van der Waals surface area contributed by atoms with Gasteiger partial charge in [-0.05, 0) is 54.6 Å². The van der Waals surface area contributed by atoms with Gasteiger partial charge in [-0.15, -0.1) is 0 Å². The minimum Gasteiger partial charge on any atom is -0.452 e. The monoisotopic (exact) mass is 380 g/mol. The summed E-state index contributed by atoms with van der Waals surface area (Å²) in [7, 11) is 1.57. The number of ether oxygens (including phenoxy) is 1. The molecule has 0 aliphatic carbocycles. The third-order valence-electron chi connectivity index (χ3n) is 4.06. The molecule has 2 aromatic heterocycles. The Balaban J connectivity index is 1.68. The van der Waals surface area contributed by atoms with Gasteiger partial charge in [0.05, 0.1) is 0 Å². The number of benzene rings is 2. The molecule has 0 aliphatic heterocycles. The minimum atomic E-state index is -0.400. The number of hydrogen-bond acceptors (Lipinski definition) is 5. The molecule has 2 aromatic carbocycles. The lowest BCUT2D eigenvalue weighted by molar-refractivity contribution is 0.470. The van der Waals surface area contributed by atoms with E-state index in [1.165, 1.54) is 47.0 Å². The van der Waals surface area contributed by atoms with Gasteiger partial charge in [-0.2, -0.15) is 4.98 Å². The molecule has 2 heterocycles. The number of pyridine rings is 1. The molecule has 0 saturated carbocycles. The normalized spacial score (nSPS) is 10.8. The molecule has 0 radical (unpaired) electrons. The van der Waals surface area contributed by atoms with Crippen molar-refractivity contribution in [3.05, 3.63) is 82.8 Å². The van der Waals surface area contributed by atoms with Crippen LogP contribution in [-0.4, -0.2) is 14.5 Å². The van der Waals surface area contributed by atoms with E-state index < -0.39 is 11.4 Å². The van der Waals surface area contributed by atoms with Crippen molar-refractivity contribution in [3.63, 3.8) is 0 Å². The summed E-state index contributed by atoms with van der Waals surface area (Å²) in [6.45, 7) is 0. The minimum absolute atomic E-state index is 0.0736. The molecule has 28 heavy (non-hydrogen) atoms. The maximum absolute atomic E-state index is 13.0. The second kappa shape index (κ2) is 7.07. The predicted octanol–water partition coefficient (Wildman–Crippen LogP) is 4.14. The van der Waals surface area contributed by atoms with E-state index in [4.69, 9.17) is 4.74 Å². The van der Waals surface area contributed by atoms with Crippen LogP contribution in [0, 0.1) is 11.6 Å². The Hall–Kier alpha value is -3.81. The highest BCUT2D eigenvalue weighted by molar-refractivity contribution is 5.77. The van der Waals surface area contributed by atoms with E-state index in [-0.39, 0.29) is 17.5 Å². The van der Waals surface area contributed by atoms with Crippen LogP contribution in [0.4, 0.5) is 20.4 Å². The molecule has 6 nitrogen and oxygen atoms in total. The number of fused-ring (bicyclic) bond motifs is 1. The van der Waals surface area contributed by atoms with Crippen LogP contribution in [0.5, 0.6) is 11.5 Å². The molecule has 0 unspecified atom stereocenters. The molecule has 140 valence electrons. The summed E-state index contributed by atoms with van der Waals surface area (Å²) in [5, 5.41) is 3.55. The number of nitrogens with one attached hydrogen (secondary N) is 1. The average molecular weight is 380 g/mol. The van der Waals surface area contributed by atoms with E-state index in [2.05, 4.69) is 15.3 Å². The first-order valence-corrected chi connectivity index (χ1v) is 8.32. The summed E-state index contributed by atoms with van der Waals surface area (Å²) in [6, 6.07) is 12.6. The predicted molar refractivity (Wildman–Crippen MR) is 101 cm³/mol. The van der Waals surface area contributed by atoms with Crippen LogP contribution in [0.1, 0.15) is 0 Å². The zero-order valence-corrected chi connectivity index (χ0v) is 14.7. The second-order valence-corrected chi connectivity index (χ2v) is 6.03. The maximum atomic E-state index is 13.0. The summed E-state index contributed by atoms with van der Waals surface area (Å²) in [4.78, 5) is 21.2. The molecule has 0 bridgehead atoms. The fourth-order valence-electron chi connectivity index (χ4n) is 2.64. The smallest absolute Gasteiger partial charge is 0.294 e. The van der Waals surface area contributed by atoms with Crippen molar-refractivity contribution in [2.45, 2.75) is 0 Å². The van der Waals surface area contributed by atoms with E-state index in [9.17, 15) is 13.6 Å². The Labute approximate surface area is 158 Å². The summed E-state index contributed by atoms with van der Waals surface area (Å²) in [5.41, 5.74) is 0.612. The Morgan fingerprint density at radius 2 is 1.64 bits per heavy atom. The van der Waals surface area contributed by atoms with Crippen molar-refractivity contribution in [1.29, 1.82) is 0 Å². The molecule has 0 atom stereocenters. The van der Waals surface area contributed by atoms with E-state index in [1.54, 1.807) is 25.4 Å². The standard InChI is InChI=1S/C20H14F2N4O2/c1-26-18-12(10-17(19(26)27)28-16-8-4-14(22)5-9-16)11-23-20(25-18)24-15-6-2-13(21)3-7-15/h2-11H,1H3,(H,23,24,25). The SMILES string of the molecule is Cn1c(=O)c(Oc2ccc(F)cc2)cc2cnc(Nc3ccc(F)cc3)nc21. The third-order valence-corrected chi connectivity index (χ3v) is 4.06. The van der Waals surface area contributed by atoms with Gasteiger partial charge in [0.25, 0.3) is 5.56 Å². The topological polar surface area (TPSA) is 69.0 Å². The Morgan fingerprint density at radius 1 is 1.00 bits per heavy atom. The highest BCUT2D eigenvalue weighted by atomic mass is 19.1. The van der Waals surface area contributed by atoms with Gasteiger partial charge < -0.3 is 10.1 Å². The Morgan fingerprint density at radius 3 is 2.32 bits per heavy atom. The van der Waals surface area contributed by atoms with Gasteiger partial charge in [0.2, 0.25) is 5.95 Å². The van der Waals surface area contributed by atoms with Crippen LogP contribution in [0.25, 0.3) is 11.0 Å². The van der Waals surface area contributed by atoms with E-state index in [1.807, 2.05) is 0 Å². The molecule has 0 aliphatic rings. The highest BCUT2D eigenvalue weighted by Gasteiger charge is 2.12. The van der Waals surface area contributed by atoms with Crippen LogP contribution in [0.2, 0.25) is 0 Å². The number of hydrogen-bond donors (Lipinski definition) is 1. The third kappa shape index (κ3) is 3.52. The fourth-order valence-corrected chi connectivity index (χ4v) is 2.64. The zero-order valence-electron chi connectivity index (χ0n) is 14.7. The Kier molecular flexibility index (Phi) is 4.44. The molecule has 0 fully saturated rings.